The summed E-state index contributed by atoms with van der Waals surface area (Å²) in [4.78, 5) is 0. The smallest absolute Gasteiger partial charge is 0.185 e. The molecular weight excluding hydrogens is 324 g/mol. The molecule has 24 heavy (non-hydrogen) atoms. The van der Waals surface area contributed by atoms with Gasteiger partial charge in [0, 0.05) is 12.6 Å². The van der Waals surface area contributed by atoms with Gasteiger partial charge in [-0.05, 0) is 42.1 Å². The van der Waals surface area contributed by atoms with Gasteiger partial charge in [0.25, 0.3) is 0 Å². The predicted molar refractivity (Wildman–Crippen MR) is 98.6 cm³/mol. The number of methoxy groups -OCH3 is 1. The van der Waals surface area contributed by atoms with Gasteiger partial charge in [-0.3, -0.25) is 0 Å². The van der Waals surface area contributed by atoms with Crippen molar-refractivity contribution < 1.29 is 9.47 Å². The van der Waals surface area contributed by atoms with Crippen molar-refractivity contribution in [1.29, 1.82) is 0 Å². The van der Waals surface area contributed by atoms with E-state index in [1.165, 1.54) is 11.1 Å². The van der Waals surface area contributed by atoms with Gasteiger partial charge in [-0.25, -0.2) is 0 Å². The zero-order chi connectivity index (χ0) is 15.6. The number of halogens is 1. The van der Waals surface area contributed by atoms with Crippen molar-refractivity contribution in [3.05, 3.63) is 53.1 Å². The summed E-state index contributed by atoms with van der Waals surface area (Å²) in [6.07, 6.45) is 2.15. The Kier molecular flexibility index (Phi) is 5.17. The molecule has 4 nitrogen and oxygen atoms in total. The van der Waals surface area contributed by atoms with E-state index in [-0.39, 0.29) is 12.4 Å². The van der Waals surface area contributed by atoms with Crippen LogP contribution in [0.15, 0.2) is 36.4 Å². The highest BCUT2D eigenvalue weighted by atomic mass is 35.5. The second-order valence-corrected chi connectivity index (χ2v) is 6.10. The lowest BCUT2D eigenvalue weighted by Gasteiger charge is -2.35. The van der Waals surface area contributed by atoms with Crippen LogP contribution in [0, 0.1) is 0 Å². The molecule has 0 amide bonds. The highest BCUT2D eigenvalue weighted by Crippen LogP contribution is 2.47. The molecule has 2 aromatic carbocycles. The monoisotopic (exact) mass is 346 g/mol. The number of benzene rings is 2. The summed E-state index contributed by atoms with van der Waals surface area (Å²) in [6, 6.07) is 12.8. The molecule has 0 fully saturated rings. The summed E-state index contributed by atoms with van der Waals surface area (Å²) in [5.74, 6) is 1.66. The van der Waals surface area contributed by atoms with Crippen molar-refractivity contribution >= 4 is 18.1 Å². The molecule has 2 aliphatic heterocycles. The summed E-state index contributed by atoms with van der Waals surface area (Å²) in [5, 5.41) is 7.16. The lowest BCUT2D eigenvalue weighted by atomic mass is 9.87. The second kappa shape index (κ2) is 7.32. The zero-order valence-corrected chi connectivity index (χ0v) is 14.6. The van der Waals surface area contributed by atoms with E-state index in [2.05, 4.69) is 28.8 Å². The van der Waals surface area contributed by atoms with E-state index in [4.69, 9.17) is 9.47 Å². The highest BCUT2D eigenvalue weighted by Gasteiger charge is 2.30. The van der Waals surface area contributed by atoms with Crippen LogP contribution in [0.1, 0.15) is 29.2 Å². The molecule has 2 heterocycles. The van der Waals surface area contributed by atoms with Gasteiger partial charge < -0.3 is 20.1 Å². The van der Waals surface area contributed by atoms with Crippen LogP contribution in [0.2, 0.25) is 0 Å². The Morgan fingerprint density at radius 2 is 2.00 bits per heavy atom. The van der Waals surface area contributed by atoms with E-state index in [0.29, 0.717) is 12.6 Å². The number of ether oxygens (including phenoxy) is 2. The van der Waals surface area contributed by atoms with E-state index in [0.717, 1.165) is 48.7 Å². The number of nitrogens with one attached hydrogen (secondary N) is 2. The molecule has 2 N–H and O–H groups in total. The van der Waals surface area contributed by atoms with Gasteiger partial charge in [0.2, 0.25) is 0 Å². The Bertz CT molecular complexity index is 704. The minimum atomic E-state index is 0. The Hall–Kier alpha value is -1.91. The first-order valence-corrected chi connectivity index (χ1v) is 8.24. The van der Waals surface area contributed by atoms with Gasteiger partial charge in [-0.1, -0.05) is 30.3 Å². The first kappa shape index (κ1) is 16.9. The maximum absolute atomic E-state index is 6.17. The van der Waals surface area contributed by atoms with Crippen LogP contribution in [0.5, 0.6) is 11.5 Å². The largest absolute Gasteiger partial charge is 0.493 e. The standard InChI is InChI=1S/C19H22N2O2.ClH/c1-22-16-11-14-7-9-20-15-8-10-21-18(17(14)15)19(16)23-12-13-5-3-2-4-6-13;/h2-6,11,15,20-21H,7-10,12H2,1H3;1H. The Morgan fingerprint density at radius 3 is 2.79 bits per heavy atom. The maximum atomic E-state index is 6.17. The van der Waals surface area contributed by atoms with Gasteiger partial charge in [0.15, 0.2) is 11.5 Å². The number of hydrogen-bond donors (Lipinski definition) is 2. The topological polar surface area (TPSA) is 42.5 Å². The van der Waals surface area contributed by atoms with Crippen molar-refractivity contribution in [3.63, 3.8) is 0 Å². The first-order valence-electron chi connectivity index (χ1n) is 8.24. The molecule has 0 bridgehead atoms. The van der Waals surface area contributed by atoms with Gasteiger partial charge in [-0.2, -0.15) is 0 Å². The van der Waals surface area contributed by atoms with E-state index in [1.807, 2.05) is 18.2 Å². The molecule has 0 saturated heterocycles. The average Bonchev–Trinajstić information content (AvgIpc) is 2.62. The van der Waals surface area contributed by atoms with Crippen LogP contribution in [0.4, 0.5) is 5.69 Å². The van der Waals surface area contributed by atoms with E-state index in [9.17, 15) is 0 Å². The van der Waals surface area contributed by atoms with Crippen molar-refractivity contribution in [3.8, 4) is 11.5 Å². The van der Waals surface area contributed by atoms with Crippen molar-refractivity contribution in [2.45, 2.75) is 25.5 Å². The third kappa shape index (κ3) is 3.04. The Labute approximate surface area is 149 Å². The molecule has 0 radical (unpaired) electrons. The molecule has 1 unspecified atom stereocenters. The maximum Gasteiger partial charge on any atom is 0.185 e. The zero-order valence-electron chi connectivity index (χ0n) is 13.8. The van der Waals surface area contributed by atoms with Gasteiger partial charge >= 0.3 is 0 Å². The molecule has 2 aromatic rings. The lowest BCUT2D eigenvalue weighted by Crippen LogP contribution is -2.35. The van der Waals surface area contributed by atoms with Gasteiger partial charge in [0.05, 0.1) is 12.8 Å². The highest BCUT2D eigenvalue weighted by molar-refractivity contribution is 5.85. The van der Waals surface area contributed by atoms with Crippen LogP contribution >= 0.6 is 12.4 Å². The minimum absolute atomic E-state index is 0. The number of rotatable bonds is 4. The summed E-state index contributed by atoms with van der Waals surface area (Å²) < 4.78 is 11.8. The summed E-state index contributed by atoms with van der Waals surface area (Å²) in [5.41, 5.74) is 5.01. The SMILES string of the molecule is COc1cc2c3c(c1OCc1ccccc1)NCCC3NCC2.Cl. The van der Waals surface area contributed by atoms with Crippen LogP contribution in [0.25, 0.3) is 0 Å². The van der Waals surface area contributed by atoms with Crippen molar-refractivity contribution in [2.75, 3.05) is 25.5 Å². The summed E-state index contributed by atoms with van der Waals surface area (Å²) in [6.45, 7) is 2.53. The Morgan fingerprint density at radius 1 is 1.17 bits per heavy atom. The third-order valence-corrected chi connectivity index (χ3v) is 4.69. The van der Waals surface area contributed by atoms with Crippen LogP contribution in [-0.2, 0) is 13.0 Å². The molecular formula is C19H23ClN2O2. The van der Waals surface area contributed by atoms with Crippen LogP contribution < -0.4 is 20.1 Å². The minimum Gasteiger partial charge on any atom is -0.493 e. The van der Waals surface area contributed by atoms with Crippen LogP contribution in [-0.4, -0.2) is 20.2 Å². The fourth-order valence-corrected chi connectivity index (χ4v) is 3.58. The van der Waals surface area contributed by atoms with Crippen molar-refractivity contribution in [2.24, 2.45) is 0 Å². The molecule has 2 aliphatic rings. The average molecular weight is 347 g/mol. The quantitative estimate of drug-likeness (QED) is 0.886. The fraction of sp³-hybridized carbons (Fsp3) is 0.368. The molecule has 1 atom stereocenters. The number of hydrogen-bond acceptors (Lipinski definition) is 4. The van der Waals surface area contributed by atoms with Crippen LogP contribution in [0.3, 0.4) is 0 Å². The van der Waals surface area contributed by atoms with Gasteiger partial charge in [-0.15, -0.1) is 12.4 Å². The molecule has 0 saturated carbocycles. The molecule has 0 aromatic heterocycles. The van der Waals surface area contributed by atoms with Gasteiger partial charge in [0.1, 0.15) is 6.61 Å². The third-order valence-electron chi connectivity index (χ3n) is 4.69. The van der Waals surface area contributed by atoms with E-state index < -0.39 is 0 Å². The lowest BCUT2D eigenvalue weighted by molar-refractivity contribution is 0.284. The molecule has 0 aliphatic carbocycles. The predicted octanol–water partition coefficient (Wildman–Crippen LogP) is 3.70. The van der Waals surface area contributed by atoms with Crippen molar-refractivity contribution in [1.82, 2.24) is 5.32 Å². The molecule has 5 heteroatoms. The molecule has 4 rings (SSSR count). The molecule has 0 spiro atoms. The first-order chi connectivity index (χ1) is 11.4. The normalized spacial score (nSPS) is 18.0. The van der Waals surface area contributed by atoms with E-state index >= 15 is 0 Å². The molecule has 128 valence electrons. The fourth-order valence-electron chi connectivity index (χ4n) is 3.58. The Balaban J connectivity index is 0.00000169. The second-order valence-electron chi connectivity index (χ2n) is 6.10. The summed E-state index contributed by atoms with van der Waals surface area (Å²) >= 11 is 0. The summed E-state index contributed by atoms with van der Waals surface area (Å²) in [7, 11) is 1.71. The number of anilines is 1. The van der Waals surface area contributed by atoms with E-state index in [1.54, 1.807) is 7.11 Å².